The summed E-state index contributed by atoms with van der Waals surface area (Å²) in [5, 5.41) is 11.4. The van der Waals surface area contributed by atoms with E-state index >= 15 is 0 Å². The van der Waals surface area contributed by atoms with Crippen LogP contribution in [0, 0.1) is 28.8 Å². The predicted molar refractivity (Wildman–Crippen MR) is 75.0 cm³/mol. The first-order valence-electron chi connectivity index (χ1n) is 6.13. The van der Waals surface area contributed by atoms with Crippen LogP contribution in [0.25, 0.3) is 6.08 Å². The number of benzene rings is 2. The molecule has 0 bridgehead atoms. The minimum absolute atomic E-state index is 0.171. The van der Waals surface area contributed by atoms with Gasteiger partial charge in [-0.25, -0.2) is 13.2 Å². The van der Waals surface area contributed by atoms with Crippen molar-refractivity contribution in [3.8, 4) is 6.07 Å². The summed E-state index contributed by atoms with van der Waals surface area (Å²) in [4.78, 5) is 11.9. The van der Waals surface area contributed by atoms with Crippen LogP contribution >= 0.6 is 0 Å². The number of hydrogen-bond donors (Lipinski definition) is 1. The molecule has 0 heterocycles. The molecule has 0 saturated heterocycles. The van der Waals surface area contributed by atoms with Gasteiger partial charge in [0.2, 0.25) is 0 Å². The molecule has 0 spiro atoms. The summed E-state index contributed by atoms with van der Waals surface area (Å²) in [6.45, 7) is 0. The van der Waals surface area contributed by atoms with E-state index in [-0.39, 0.29) is 11.1 Å². The Hall–Kier alpha value is -3.07. The second-order valence-corrected chi connectivity index (χ2v) is 4.30. The van der Waals surface area contributed by atoms with E-state index in [4.69, 9.17) is 5.26 Å². The summed E-state index contributed by atoms with van der Waals surface area (Å²) < 4.78 is 38.7. The van der Waals surface area contributed by atoms with Crippen LogP contribution in [0.4, 0.5) is 18.9 Å². The average Bonchev–Trinajstić information content (AvgIpc) is 2.50. The number of hydrogen-bond acceptors (Lipinski definition) is 2. The van der Waals surface area contributed by atoms with Gasteiger partial charge in [-0.2, -0.15) is 5.26 Å². The Kier molecular flexibility index (Phi) is 4.59. The van der Waals surface area contributed by atoms with Crippen LogP contribution in [0.2, 0.25) is 0 Å². The summed E-state index contributed by atoms with van der Waals surface area (Å²) in [6, 6.07) is 9.65. The molecule has 0 atom stereocenters. The molecule has 2 aromatic rings. The first-order valence-corrected chi connectivity index (χ1v) is 6.13. The van der Waals surface area contributed by atoms with Crippen molar-refractivity contribution in [2.45, 2.75) is 0 Å². The molecule has 0 saturated carbocycles. The van der Waals surface area contributed by atoms with Gasteiger partial charge in [-0.1, -0.05) is 6.07 Å². The quantitative estimate of drug-likeness (QED) is 0.695. The summed E-state index contributed by atoms with van der Waals surface area (Å²) in [6.07, 6.45) is 1.13. The summed E-state index contributed by atoms with van der Waals surface area (Å²) >= 11 is 0. The van der Waals surface area contributed by atoms with Gasteiger partial charge >= 0.3 is 0 Å². The van der Waals surface area contributed by atoms with Crippen molar-refractivity contribution in [3.63, 3.8) is 0 Å². The molecule has 1 N–H and O–H groups in total. The van der Waals surface area contributed by atoms with Gasteiger partial charge in [0, 0.05) is 5.69 Å². The van der Waals surface area contributed by atoms with E-state index in [2.05, 4.69) is 5.32 Å². The first kappa shape index (κ1) is 15.3. The molecule has 0 radical (unpaired) electrons. The molecular weight excluding hydrogens is 293 g/mol. The van der Waals surface area contributed by atoms with Gasteiger partial charge < -0.3 is 5.32 Å². The Morgan fingerprint density at radius 1 is 1.05 bits per heavy atom. The Morgan fingerprint density at radius 3 is 2.32 bits per heavy atom. The maximum atomic E-state index is 13.1. The highest BCUT2D eigenvalue weighted by Crippen LogP contribution is 2.14. The number of halogens is 3. The Bertz CT molecular complexity index is 777. The van der Waals surface area contributed by atoms with Gasteiger partial charge in [-0.3, -0.25) is 4.79 Å². The Morgan fingerprint density at radius 2 is 1.73 bits per heavy atom. The minimum Gasteiger partial charge on any atom is -0.321 e. The number of rotatable bonds is 3. The third kappa shape index (κ3) is 3.73. The van der Waals surface area contributed by atoms with Gasteiger partial charge in [-0.05, 0) is 48.0 Å². The lowest BCUT2D eigenvalue weighted by atomic mass is 10.1. The standard InChI is InChI=1S/C16H9F3N2O/c17-12-2-4-13(5-3-12)21-16(22)11(9-20)7-10-1-6-14(18)15(19)8-10/h1-8H,(H,21,22)/b11-7+. The number of anilines is 1. The Balaban J connectivity index is 2.21. The van der Waals surface area contributed by atoms with Crippen molar-refractivity contribution in [2.24, 2.45) is 0 Å². The lowest BCUT2D eigenvalue weighted by Gasteiger charge is -2.04. The monoisotopic (exact) mass is 302 g/mol. The molecule has 2 aromatic carbocycles. The number of nitriles is 1. The highest BCUT2D eigenvalue weighted by Gasteiger charge is 2.10. The van der Waals surface area contributed by atoms with E-state index in [0.29, 0.717) is 5.69 Å². The van der Waals surface area contributed by atoms with Crippen molar-refractivity contribution >= 4 is 17.7 Å². The van der Waals surface area contributed by atoms with Gasteiger partial charge in [0.1, 0.15) is 17.5 Å². The highest BCUT2D eigenvalue weighted by atomic mass is 19.2. The third-order valence-corrected chi connectivity index (χ3v) is 2.72. The smallest absolute Gasteiger partial charge is 0.266 e. The average molecular weight is 302 g/mol. The van der Waals surface area contributed by atoms with Crippen molar-refractivity contribution in [2.75, 3.05) is 5.32 Å². The molecule has 2 rings (SSSR count). The second kappa shape index (κ2) is 6.59. The fourth-order valence-electron chi connectivity index (χ4n) is 1.65. The highest BCUT2D eigenvalue weighted by molar-refractivity contribution is 6.09. The molecule has 6 heteroatoms. The van der Waals surface area contributed by atoms with E-state index in [1.807, 2.05) is 0 Å². The molecule has 22 heavy (non-hydrogen) atoms. The van der Waals surface area contributed by atoms with Crippen LogP contribution in [0.1, 0.15) is 5.56 Å². The number of nitrogens with one attached hydrogen (secondary N) is 1. The number of nitrogens with zero attached hydrogens (tertiary/aromatic N) is 1. The van der Waals surface area contributed by atoms with E-state index in [1.165, 1.54) is 18.2 Å². The van der Waals surface area contributed by atoms with Crippen molar-refractivity contribution in [1.82, 2.24) is 0 Å². The number of carbonyl (C=O) groups excluding carboxylic acids is 1. The zero-order valence-electron chi connectivity index (χ0n) is 11.1. The molecule has 1 amide bonds. The van der Waals surface area contributed by atoms with E-state index in [0.717, 1.165) is 30.3 Å². The lowest BCUT2D eigenvalue weighted by Crippen LogP contribution is -2.13. The van der Waals surface area contributed by atoms with Crippen LogP contribution in [0.5, 0.6) is 0 Å². The molecule has 0 unspecified atom stereocenters. The third-order valence-electron chi connectivity index (χ3n) is 2.72. The maximum absolute atomic E-state index is 13.1. The molecule has 0 aliphatic carbocycles. The maximum Gasteiger partial charge on any atom is 0.266 e. The lowest BCUT2D eigenvalue weighted by molar-refractivity contribution is -0.112. The molecular formula is C16H9F3N2O. The fourth-order valence-corrected chi connectivity index (χ4v) is 1.65. The minimum atomic E-state index is -1.08. The van der Waals surface area contributed by atoms with Crippen LogP contribution in [0.15, 0.2) is 48.0 Å². The van der Waals surface area contributed by atoms with Crippen molar-refractivity contribution in [1.29, 1.82) is 5.26 Å². The summed E-state index contributed by atoms with van der Waals surface area (Å²) in [5.74, 6) is -3.30. The summed E-state index contributed by atoms with van der Waals surface area (Å²) in [5.41, 5.74) is 0.179. The Labute approximate surface area is 124 Å². The largest absolute Gasteiger partial charge is 0.321 e. The van der Waals surface area contributed by atoms with Crippen LogP contribution in [-0.4, -0.2) is 5.91 Å². The molecule has 110 valence electrons. The zero-order chi connectivity index (χ0) is 16.1. The van der Waals surface area contributed by atoms with Crippen LogP contribution in [0.3, 0.4) is 0 Å². The van der Waals surface area contributed by atoms with Crippen molar-refractivity contribution in [3.05, 3.63) is 71.1 Å². The SMILES string of the molecule is N#C/C(=C\c1ccc(F)c(F)c1)C(=O)Nc1ccc(F)cc1. The van der Waals surface area contributed by atoms with E-state index < -0.39 is 23.4 Å². The molecule has 0 aromatic heterocycles. The first-order chi connectivity index (χ1) is 10.5. The molecule has 0 aliphatic heterocycles. The molecule has 0 aliphatic rings. The van der Waals surface area contributed by atoms with Gasteiger partial charge in [0.05, 0.1) is 0 Å². The predicted octanol–water partition coefficient (Wildman–Crippen LogP) is 3.65. The van der Waals surface area contributed by atoms with Gasteiger partial charge in [0.25, 0.3) is 5.91 Å². The van der Waals surface area contributed by atoms with Crippen molar-refractivity contribution < 1.29 is 18.0 Å². The van der Waals surface area contributed by atoms with Gasteiger partial charge in [0.15, 0.2) is 11.6 Å². The van der Waals surface area contributed by atoms with Crippen LogP contribution in [-0.2, 0) is 4.79 Å². The van der Waals surface area contributed by atoms with Gasteiger partial charge in [-0.15, -0.1) is 0 Å². The second-order valence-electron chi connectivity index (χ2n) is 4.30. The van der Waals surface area contributed by atoms with Crippen LogP contribution < -0.4 is 5.32 Å². The normalized spacial score (nSPS) is 10.9. The fraction of sp³-hybridized carbons (Fsp3) is 0. The number of amides is 1. The zero-order valence-corrected chi connectivity index (χ0v) is 11.1. The topological polar surface area (TPSA) is 52.9 Å². The van der Waals surface area contributed by atoms with E-state index in [9.17, 15) is 18.0 Å². The van der Waals surface area contributed by atoms with E-state index in [1.54, 1.807) is 6.07 Å². The molecule has 0 fully saturated rings. The summed E-state index contributed by atoms with van der Waals surface area (Å²) in [7, 11) is 0. The molecule has 3 nitrogen and oxygen atoms in total. The number of carbonyl (C=O) groups is 1.